The highest BCUT2D eigenvalue weighted by Gasteiger charge is 2.14. The zero-order chi connectivity index (χ0) is 15.2. The van der Waals surface area contributed by atoms with Crippen LogP contribution in [0.2, 0.25) is 0 Å². The first kappa shape index (κ1) is 20.6. The molecule has 0 amide bonds. The zero-order valence-electron chi connectivity index (χ0n) is 13.6. The number of halogens is 1. The molecule has 120 valence electrons. The molecule has 1 rings (SSSR count). The summed E-state index contributed by atoms with van der Waals surface area (Å²) in [6, 6.07) is 8.42. The van der Waals surface area contributed by atoms with E-state index in [1.165, 1.54) is 5.56 Å². The van der Waals surface area contributed by atoms with Gasteiger partial charge in [-0.3, -0.25) is 4.99 Å². The van der Waals surface area contributed by atoms with E-state index in [1.807, 2.05) is 0 Å². The fraction of sp³-hybridized carbons (Fsp3) is 0.562. The lowest BCUT2D eigenvalue weighted by Crippen LogP contribution is -2.27. The molecule has 0 aliphatic carbocycles. The summed E-state index contributed by atoms with van der Waals surface area (Å²) in [7, 11) is 0. The average Bonchev–Trinajstić information content (AvgIpc) is 2.45. The molecule has 3 N–H and O–H groups in total. The predicted molar refractivity (Wildman–Crippen MR) is 108 cm³/mol. The SMILES string of the molecule is CCC(C)c1ccc(NC(N)=NCC(C)(C)SC)cc1.I. The number of nitrogens with one attached hydrogen (secondary N) is 1. The van der Waals surface area contributed by atoms with E-state index in [2.05, 4.69) is 68.5 Å². The van der Waals surface area contributed by atoms with Gasteiger partial charge < -0.3 is 11.1 Å². The lowest BCUT2D eigenvalue weighted by atomic mass is 9.99. The Labute approximate surface area is 150 Å². The van der Waals surface area contributed by atoms with Crippen LogP contribution in [-0.4, -0.2) is 23.5 Å². The van der Waals surface area contributed by atoms with Crippen molar-refractivity contribution in [3.8, 4) is 0 Å². The number of nitrogens with zero attached hydrogens (tertiary/aromatic N) is 1. The van der Waals surface area contributed by atoms with Crippen LogP contribution >= 0.6 is 35.7 Å². The Hall–Kier alpha value is -0.430. The van der Waals surface area contributed by atoms with Gasteiger partial charge in [-0.1, -0.05) is 26.0 Å². The lowest BCUT2D eigenvalue weighted by Gasteiger charge is -2.19. The van der Waals surface area contributed by atoms with Gasteiger partial charge >= 0.3 is 0 Å². The smallest absolute Gasteiger partial charge is 0.193 e. The first-order chi connectivity index (χ1) is 9.38. The first-order valence-electron chi connectivity index (χ1n) is 7.10. The highest BCUT2D eigenvalue weighted by atomic mass is 127. The number of aliphatic imine (C=N–C) groups is 1. The third-order valence-corrected chi connectivity index (χ3v) is 4.78. The molecule has 0 radical (unpaired) electrons. The van der Waals surface area contributed by atoms with Crippen LogP contribution in [0.4, 0.5) is 5.69 Å². The molecule has 0 saturated carbocycles. The highest BCUT2D eigenvalue weighted by Crippen LogP contribution is 2.22. The van der Waals surface area contributed by atoms with E-state index in [4.69, 9.17) is 5.73 Å². The average molecular weight is 421 g/mol. The van der Waals surface area contributed by atoms with Crippen LogP contribution < -0.4 is 11.1 Å². The molecule has 0 saturated heterocycles. The highest BCUT2D eigenvalue weighted by molar-refractivity contribution is 14.0. The number of anilines is 1. The van der Waals surface area contributed by atoms with E-state index in [0.29, 0.717) is 18.4 Å². The monoisotopic (exact) mass is 421 g/mol. The molecule has 0 aromatic heterocycles. The molecule has 1 atom stereocenters. The van der Waals surface area contributed by atoms with Crippen molar-refractivity contribution in [3.05, 3.63) is 29.8 Å². The van der Waals surface area contributed by atoms with Crippen molar-refractivity contribution in [2.75, 3.05) is 18.1 Å². The maximum absolute atomic E-state index is 5.92. The fourth-order valence-corrected chi connectivity index (χ4v) is 1.85. The minimum atomic E-state index is 0. The number of hydrogen-bond acceptors (Lipinski definition) is 2. The van der Waals surface area contributed by atoms with Crippen molar-refractivity contribution in [1.82, 2.24) is 0 Å². The van der Waals surface area contributed by atoms with Gasteiger partial charge in [-0.2, -0.15) is 11.8 Å². The van der Waals surface area contributed by atoms with E-state index >= 15 is 0 Å². The summed E-state index contributed by atoms with van der Waals surface area (Å²) >= 11 is 1.79. The van der Waals surface area contributed by atoms with Crippen LogP contribution in [0.3, 0.4) is 0 Å². The van der Waals surface area contributed by atoms with Crippen LogP contribution in [0, 0.1) is 0 Å². The maximum atomic E-state index is 5.92. The Morgan fingerprint density at radius 3 is 2.38 bits per heavy atom. The van der Waals surface area contributed by atoms with Gasteiger partial charge in [-0.05, 0) is 50.1 Å². The van der Waals surface area contributed by atoms with Crippen LogP contribution in [0.15, 0.2) is 29.3 Å². The molecule has 0 aliphatic heterocycles. The second-order valence-corrected chi connectivity index (χ2v) is 7.24. The molecule has 3 nitrogen and oxygen atoms in total. The summed E-state index contributed by atoms with van der Waals surface area (Å²) in [6.45, 7) is 9.47. The van der Waals surface area contributed by atoms with E-state index in [1.54, 1.807) is 11.8 Å². The van der Waals surface area contributed by atoms with Crippen molar-refractivity contribution >= 4 is 47.4 Å². The summed E-state index contributed by atoms with van der Waals surface area (Å²) in [6.07, 6.45) is 3.24. The third-order valence-electron chi connectivity index (χ3n) is 3.55. The van der Waals surface area contributed by atoms with Crippen molar-refractivity contribution in [3.63, 3.8) is 0 Å². The maximum Gasteiger partial charge on any atom is 0.193 e. The number of nitrogens with two attached hydrogens (primary N) is 1. The van der Waals surface area contributed by atoms with Crippen LogP contribution in [-0.2, 0) is 0 Å². The third kappa shape index (κ3) is 7.40. The van der Waals surface area contributed by atoms with Gasteiger partial charge in [0.15, 0.2) is 5.96 Å². The van der Waals surface area contributed by atoms with Crippen LogP contribution in [0.1, 0.15) is 45.6 Å². The second kappa shape index (κ2) is 9.56. The zero-order valence-corrected chi connectivity index (χ0v) is 16.8. The van der Waals surface area contributed by atoms with Gasteiger partial charge in [-0.25, -0.2) is 0 Å². The Morgan fingerprint density at radius 1 is 1.33 bits per heavy atom. The van der Waals surface area contributed by atoms with Crippen molar-refractivity contribution in [2.45, 2.75) is 44.8 Å². The van der Waals surface area contributed by atoms with Gasteiger partial charge in [-0.15, -0.1) is 24.0 Å². The molecule has 1 unspecified atom stereocenters. The molecule has 1 aromatic carbocycles. The number of guanidine groups is 1. The van der Waals surface area contributed by atoms with Crippen molar-refractivity contribution in [2.24, 2.45) is 10.7 Å². The lowest BCUT2D eigenvalue weighted by molar-refractivity contribution is 0.726. The molecule has 0 fully saturated rings. The Bertz CT molecular complexity index is 443. The van der Waals surface area contributed by atoms with E-state index in [9.17, 15) is 0 Å². The summed E-state index contributed by atoms with van der Waals surface area (Å²) in [5.41, 5.74) is 8.27. The fourth-order valence-electron chi connectivity index (χ4n) is 1.66. The predicted octanol–water partition coefficient (Wildman–Crippen LogP) is 4.69. The minimum absolute atomic E-state index is 0. The molecular formula is C16H28IN3S. The van der Waals surface area contributed by atoms with Crippen LogP contribution in [0.5, 0.6) is 0 Å². The summed E-state index contributed by atoms with van der Waals surface area (Å²) in [5.74, 6) is 1.07. The Kier molecular flexibility index (Phi) is 9.36. The summed E-state index contributed by atoms with van der Waals surface area (Å²) in [4.78, 5) is 4.40. The van der Waals surface area contributed by atoms with Crippen LogP contribution in [0.25, 0.3) is 0 Å². The Morgan fingerprint density at radius 2 is 1.90 bits per heavy atom. The molecule has 0 bridgehead atoms. The molecular weight excluding hydrogens is 393 g/mol. The number of rotatable bonds is 6. The largest absolute Gasteiger partial charge is 0.370 e. The topological polar surface area (TPSA) is 50.4 Å². The molecule has 5 heteroatoms. The minimum Gasteiger partial charge on any atom is -0.370 e. The van der Waals surface area contributed by atoms with Gasteiger partial charge in [0.1, 0.15) is 0 Å². The van der Waals surface area contributed by atoms with E-state index < -0.39 is 0 Å². The molecule has 0 spiro atoms. The molecule has 0 heterocycles. The summed E-state index contributed by atoms with van der Waals surface area (Å²) in [5, 5.41) is 3.14. The number of benzene rings is 1. The second-order valence-electron chi connectivity index (χ2n) is 5.72. The van der Waals surface area contributed by atoms with E-state index in [-0.39, 0.29) is 28.7 Å². The van der Waals surface area contributed by atoms with E-state index in [0.717, 1.165) is 12.1 Å². The normalized spacial score (nSPS) is 13.5. The standard InChI is InChI=1S/C16H27N3S.HI/c1-6-12(2)13-7-9-14(10-8-13)19-15(17)18-11-16(3,4)20-5;/h7-10,12H,6,11H2,1-5H3,(H3,17,18,19);1H. The number of thioether (sulfide) groups is 1. The molecule has 0 aliphatic rings. The Balaban J connectivity index is 0.00000400. The van der Waals surface area contributed by atoms with Gasteiger partial charge in [0.2, 0.25) is 0 Å². The molecule has 21 heavy (non-hydrogen) atoms. The van der Waals surface area contributed by atoms with Crippen molar-refractivity contribution in [1.29, 1.82) is 0 Å². The van der Waals surface area contributed by atoms with Gasteiger partial charge in [0.25, 0.3) is 0 Å². The summed E-state index contributed by atoms with van der Waals surface area (Å²) < 4.78 is 0.118. The van der Waals surface area contributed by atoms with Gasteiger partial charge in [0, 0.05) is 10.4 Å². The number of hydrogen-bond donors (Lipinski definition) is 2. The first-order valence-corrected chi connectivity index (χ1v) is 8.32. The quantitative estimate of drug-likeness (QED) is 0.398. The van der Waals surface area contributed by atoms with Gasteiger partial charge in [0.05, 0.1) is 6.54 Å². The van der Waals surface area contributed by atoms with Crippen molar-refractivity contribution < 1.29 is 0 Å². The molecule has 1 aromatic rings.